The highest BCUT2D eigenvalue weighted by Gasteiger charge is 2.58. The Labute approximate surface area is 427 Å². The molecule has 2 saturated heterocycles. The molecule has 0 bridgehead atoms. The molecule has 412 valence electrons. The number of hydrogen-bond donors (Lipinski definition) is 1. The molecule has 2 aliphatic heterocycles. The van der Waals surface area contributed by atoms with Crippen molar-refractivity contribution in [1.29, 1.82) is 0 Å². The Bertz CT molecular complexity index is 2160. The van der Waals surface area contributed by atoms with Crippen LogP contribution in [0.15, 0.2) is 30.3 Å². The number of benzene rings is 1. The Morgan fingerprint density at radius 1 is 0.595 bits per heavy atom. The molecule has 2 heterocycles. The second kappa shape index (κ2) is 27.3. The van der Waals surface area contributed by atoms with Crippen LogP contribution in [0.4, 0.5) is 0 Å². The van der Waals surface area contributed by atoms with E-state index in [9.17, 15) is 47.9 Å². The van der Waals surface area contributed by atoms with Crippen molar-refractivity contribution in [3.63, 3.8) is 0 Å². The Morgan fingerprint density at radius 2 is 1.08 bits per heavy atom. The predicted molar refractivity (Wildman–Crippen MR) is 245 cm³/mol. The number of carbonyl (C=O) groups excluding carboxylic acids is 10. The molecule has 15 atom stereocenters. The molecule has 0 radical (unpaired) electrons. The maximum absolute atomic E-state index is 13.9. The van der Waals surface area contributed by atoms with E-state index in [1.54, 1.807) is 51.1 Å². The molecule has 0 spiro atoms. The fourth-order valence-electron chi connectivity index (χ4n) is 8.50. The number of hydrogen-bond acceptors (Lipinski definition) is 24. The van der Waals surface area contributed by atoms with Crippen LogP contribution in [0.3, 0.4) is 0 Å². The summed E-state index contributed by atoms with van der Waals surface area (Å²) in [5.41, 5.74) is -0.342. The van der Waals surface area contributed by atoms with Crippen molar-refractivity contribution < 1.29 is 114 Å². The molecule has 3 fully saturated rings. The molecule has 0 aromatic heterocycles. The van der Waals surface area contributed by atoms with Crippen molar-refractivity contribution >= 4 is 59.6 Å². The van der Waals surface area contributed by atoms with Gasteiger partial charge in [-0.3, -0.25) is 43.2 Å². The van der Waals surface area contributed by atoms with E-state index >= 15 is 0 Å². The summed E-state index contributed by atoms with van der Waals surface area (Å²) in [6.45, 7) is 12.1. The van der Waals surface area contributed by atoms with E-state index in [4.69, 9.17) is 66.3 Å². The summed E-state index contributed by atoms with van der Waals surface area (Å²) in [4.78, 5) is 130. The lowest BCUT2D eigenvalue weighted by molar-refractivity contribution is -0.352. The van der Waals surface area contributed by atoms with Gasteiger partial charge in [0.2, 0.25) is 5.91 Å². The fraction of sp³-hybridized carbons (Fsp3) is 0.673. The molecule has 1 aromatic carbocycles. The van der Waals surface area contributed by atoms with E-state index in [2.05, 4.69) is 5.32 Å². The third kappa shape index (κ3) is 18.0. The first-order chi connectivity index (χ1) is 34.7. The van der Waals surface area contributed by atoms with Crippen LogP contribution in [0.1, 0.15) is 94.6 Å². The zero-order valence-electron chi connectivity index (χ0n) is 43.4. The monoisotopic (exact) mass is 1050 g/mol. The first kappa shape index (κ1) is 60.3. The van der Waals surface area contributed by atoms with Crippen LogP contribution in [0, 0.1) is 11.8 Å². The van der Waals surface area contributed by atoms with Crippen molar-refractivity contribution in [2.75, 3.05) is 20.3 Å². The minimum Gasteiger partial charge on any atom is -0.469 e. The summed E-state index contributed by atoms with van der Waals surface area (Å²) >= 11 is 0. The van der Waals surface area contributed by atoms with E-state index in [0.717, 1.165) is 55.6 Å². The summed E-state index contributed by atoms with van der Waals surface area (Å²) in [6, 6.07) is 7.12. The summed E-state index contributed by atoms with van der Waals surface area (Å²) < 4.78 is 81.7. The average Bonchev–Trinajstić information content (AvgIpc) is 3.29. The number of nitrogens with one attached hydrogen (secondary N) is 1. The summed E-state index contributed by atoms with van der Waals surface area (Å²) in [5, 5.41) is 2.66. The number of rotatable bonds is 20. The Kier molecular flexibility index (Phi) is 22.2. The third-order valence-corrected chi connectivity index (χ3v) is 11.3. The van der Waals surface area contributed by atoms with Gasteiger partial charge in [0.15, 0.2) is 43.1 Å². The number of amides is 1. The van der Waals surface area contributed by atoms with E-state index < -0.39 is 170 Å². The number of esters is 9. The van der Waals surface area contributed by atoms with Gasteiger partial charge in [0.25, 0.3) is 0 Å². The van der Waals surface area contributed by atoms with Gasteiger partial charge in [-0.1, -0.05) is 30.3 Å². The van der Waals surface area contributed by atoms with E-state index in [-0.39, 0.29) is 19.4 Å². The van der Waals surface area contributed by atoms with E-state index in [1.165, 1.54) is 6.92 Å². The van der Waals surface area contributed by atoms with Crippen LogP contribution in [-0.4, -0.2) is 165 Å². The fourth-order valence-corrected chi connectivity index (χ4v) is 8.50. The summed E-state index contributed by atoms with van der Waals surface area (Å²) in [6.07, 6.45) is -20.3. The van der Waals surface area contributed by atoms with Crippen LogP contribution in [0.2, 0.25) is 0 Å². The molecule has 1 N–H and O–H groups in total. The topological polar surface area (TPSA) is 312 Å². The Hall–Kier alpha value is -6.28. The maximum atomic E-state index is 13.9. The number of ether oxygens (including phenoxy) is 14. The molecule has 25 nitrogen and oxygen atoms in total. The van der Waals surface area contributed by atoms with Gasteiger partial charge < -0.3 is 71.6 Å². The summed E-state index contributed by atoms with van der Waals surface area (Å²) in [7, 11) is 1.11. The zero-order valence-corrected chi connectivity index (χ0v) is 43.4. The van der Waals surface area contributed by atoms with E-state index in [0.29, 0.717) is 5.56 Å². The van der Waals surface area contributed by atoms with Crippen molar-refractivity contribution in [2.24, 2.45) is 11.8 Å². The molecule has 1 aromatic rings. The standard InChI is InChI=1S/C49H67NO24/c1-23(44(58)64-20-31-16-14-13-15-17-31)65-34-19-33(46(60)74-49(9,10)11)32(45(59)61-12)18-35(34)70-47-38(50-24(2)51)41(39(66-27(5)54)36(71-47)21-62-25(3)52)73-48-43(69-30(8)57)42(68-29(7)56)40(67-28(6)55)37(72-48)22-63-26(4)53/h13-17,23,32-43,47-48H,18-22H2,1-12H3,(H,50,51)/t23-,32+,33+,34-,35+,36-,37-,38-,39+,40+,41-,42+,43-,47-,48+/m1/s1. The van der Waals surface area contributed by atoms with Crippen molar-refractivity contribution in [1.82, 2.24) is 5.32 Å². The molecule has 1 amide bonds. The van der Waals surface area contributed by atoms with Crippen molar-refractivity contribution in [3.8, 4) is 0 Å². The van der Waals surface area contributed by atoms with Gasteiger partial charge in [0.05, 0.1) is 31.2 Å². The molecule has 25 heteroatoms. The van der Waals surface area contributed by atoms with Gasteiger partial charge >= 0.3 is 53.7 Å². The lowest BCUT2D eigenvalue weighted by Crippen LogP contribution is -2.70. The molecular formula is C49H67NO24. The Morgan fingerprint density at radius 3 is 1.58 bits per heavy atom. The van der Waals surface area contributed by atoms with Crippen molar-refractivity contribution in [3.05, 3.63) is 35.9 Å². The average molecular weight is 1050 g/mol. The molecule has 1 saturated carbocycles. The van der Waals surface area contributed by atoms with Crippen LogP contribution in [0.5, 0.6) is 0 Å². The number of carbonyl (C=O) groups is 10. The lowest BCUT2D eigenvalue weighted by atomic mass is 9.76. The highest BCUT2D eigenvalue weighted by molar-refractivity contribution is 5.83. The highest BCUT2D eigenvalue weighted by atomic mass is 16.8. The number of methoxy groups -OCH3 is 1. The normalized spacial score (nSPS) is 29.1. The molecular weight excluding hydrogens is 987 g/mol. The largest absolute Gasteiger partial charge is 0.469 e. The van der Waals surface area contributed by atoms with Gasteiger partial charge in [-0.15, -0.1) is 0 Å². The van der Waals surface area contributed by atoms with Crippen LogP contribution in [-0.2, 0) is 121 Å². The molecule has 3 aliphatic rings. The first-order valence-corrected chi connectivity index (χ1v) is 23.7. The minimum atomic E-state index is -1.96. The maximum Gasteiger partial charge on any atom is 0.335 e. The highest BCUT2D eigenvalue weighted by Crippen LogP contribution is 2.40. The van der Waals surface area contributed by atoms with Gasteiger partial charge in [-0.2, -0.15) is 0 Å². The van der Waals surface area contributed by atoms with Gasteiger partial charge in [-0.25, -0.2) is 4.79 Å². The molecule has 1 aliphatic carbocycles. The Balaban J connectivity index is 1.90. The predicted octanol–water partition coefficient (Wildman–Crippen LogP) is 1.62. The molecule has 4 rings (SSSR count). The van der Waals surface area contributed by atoms with Gasteiger partial charge in [0.1, 0.15) is 49.8 Å². The second-order valence-electron chi connectivity index (χ2n) is 18.6. The SMILES string of the molecule is COC(=O)[C@H]1C[C@H](O[C@@H]2O[C@H](COC(C)=O)[C@H](OC(C)=O)[C@H](O[C@@H]3O[C@H](COC(C)=O)[C@H](OC(C)=O)[C@H](OC(C)=O)[C@H]3OC(C)=O)[C@H]2NC(C)=O)[C@H](O[C@H](C)C(=O)OCc2ccccc2)C[C@@H]1C(=O)OC(C)(C)C. The quantitative estimate of drug-likeness (QED) is 0.143. The molecule has 0 unspecified atom stereocenters. The van der Waals surface area contributed by atoms with Crippen LogP contribution in [0.25, 0.3) is 0 Å². The van der Waals surface area contributed by atoms with Crippen LogP contribution >= 0.6 is 0 Å². The lowest BCUT2D eigenvalue weighted by Gasteiger charge is -2.50. The van der Waals surface area contributed by atoms with Gasteiger partial charge in [0, 0.05) is 48.5 Å². The van der Waals surface area contributed by atoms with Gasteiger partial charge in [-0.05, 0) is 46.1 Å². The van der Waals surface area contributed by atoms with Crippen LogP contribution < -0.4 is 5.32 Å². The summed E-state index contributed by atoms with van der Waals surface area (Å²) in [5.74, 6) is -11.2. The smallest absolute Gasteiger partial charge is 0.335 e. The second-order valence-corrected chi connectivity index (χ2v) is 18.6. The molecule has 74 heavy (non-hydrogen) atoms. The minimum absolute atomic E-state index is 0.120. The van der Waals surface area contributed by atoms with E-state index in [1.807, 2.05) is 0 Å². The van der Waals surface area contributed by atoms with Crippen molar-refractivity contribution in [2.45, 2.75) is 181 Å². The zero-order chi connectivity index (χ0) is 55.2. The first-order valence-electron chi connectivity index (χ1n) is 23.7. The third-order valence-electron chi connectivity index (χ3n) is 11.3.